The number of quaternary nitrogens is 2. The van der Waals surface area contributed by atoms with Crippen molar-refractivity contribution in [2.75, 3.05) is 55.4 Å². The van der Waals surface area contributed by atoms with Crippen LogP contribution in [0.1, 0.15) is 97.3 Å². The van der Waals surface area contributed by atoms with Gasteiger partial charge in [-0.3, -0.25) is 4.79 Å². The SMILES string of the molecule is CCCCCC=CC(=O)OC(CC(=O)[O-])C[N+](C)(C)C.CCCCCCCCC(=O)OC(CC(=O)[O-])C[N+](C)(C)C. The molecule has 0 saturated heterocycles. The average molecular weight is 587 g/mol. The maximum absolute atomic E-state index is 11.8. The van der Waals surface area contributed by atoms with E-state index in [0.29, 0.717) is 28.5 Å². The molecule has 0 rings (SSSR count). The number of ether oxygens (including phenoxy) is 2. The highest BCUT2D eigenvalue weighted by molar-refractivity contribution is 5.82. The van der Waals surface area contributed by atoms with Crippen molar-refractivity contribution in [1.29, 1.82) is 0 Å². The van der Waals surface area contributed by atoms with E-state index in [1.165, 1.54) is 25.3 Å². The Labute approximate surface area is 248 Å². The molecular weight excluding hydrogens is 528 g/mol. The average Bonchev–Trinajstić information content (AvgIpc) is 2.78. The van der Waals surface area contributed by atoms with E-state index in [2.05, 4.69) is 13.8 Å². The number of carboxylic acids is 2. The van der Waals surface area contributed by atoms with Gasteiger partial charge in [0.25, 0.3) is 0 Å². The van der Waals surface area contributed by atoms with Gasteiger partial charge in [-0.15, -0.1) is 0 Å². The molecule has 41 heavy (non-hydrogen) atoms. The second-order valence-electron chi connectivity index (χ2n) is 12.7. The molecule has 0 fully saturated rings. The van der Waals surface area contributed by atoms with Crippen molar-refractivity contribution in [2.24, 2.45) is 0 Å². The maximum atomic E-state index is 11.8. The molecule has 10 heteroatoms. The van der Waals surface area contributed by atoms with Crippen LogP contribution in [0.15, 0.2) is 12.2 Å². The molecule has 0 radical (unpaired) electrons. The monoisotopic (exact) mass is 586 g/mol. The number of carbonyl (C=O) groups excluding carboxylic acids is 4. The van der Waals surface area contributed by atoms with Crippen LogP contribution in [-0.4, -0.2) is 100 Å². The van der Waals surface area contributed by atoms with Crippen molar-refractivity contribution in [3.63, 3.8) is 0 Å². The molecule has 0 aromatic rings. The third-order valence-corrected chi connectivity index (χ3v) is 5.84. The highest BCUT2D eigenvalue weighted by atomic mass is 16.5. The lowest BCUT2D eigenvalue weighted by Crippen LogP contribution is -2.45. The van der Waals surface area contributed by atoms with Gasteiger partial charge < -0.3 is 38.2 Å². The van der Waals surface area contributed by atoms with Crippen LogP contribution in [-0.2, 0) is 28.7 Å². The predicted octanol–water partition coefficient (Wildman–Crippen LogP) is 2.38. The Morgan fingerprint density at radius 3 is 1.56 bits per heavy atom. The molecule has 0 spiro atoms. The maximum Gasteiger partial charge on any atom is 0.330 e. The first-order valence-corrected chi connectivity index (χ1v) is 15.1. The largest absolute Gasteiger partial charge is 0.550 e. The second-order valence-corrected chi connectivity index (χ2v) is 12.7. The van der Waals surface area contributed by atoms with Crippen LogP contribution >= 0.6 is 0 Å². The molecule has 0 N–H and O–H groups in total. The fourth-order valence-electron chi connectivity index (χ4n) is 4.07. The van der Waals surface area contributed by atoms with Crippen LogP contribution in [0.2, 0.25) is 0 Å². The standard InChI is InChI=1S/C16H31NO4.C15H27NO4/c1-5-6-7-8-9-10-11-16(20)21-14(12-15(18)19)13-17(2,3)4;1-5-6-7-8-9-10-15(19)20-13(11-14(17)18)12-16(2,3)4/h14H,5-13H2,1-4H3;9-10,13H,5-8,11-12H2,1-4H3. The number of carboxylic acid groups (broad SMARTS) is 2. The fraction of sp³-hybridized carbons (Fsp3) is 0.806. The number of hydrogen-bond acceptors (Lipinski definition) is 8. The van der Waals surface area contributed by atoms with Gasteiger partial charge in [-0.1, -0.05) is 64.9 Å². The van der Waals surface area contributed by atoms with Crippen LogP contribution in [0.4, 0.5) is 0 Å². The van der Waals surface area contributed by atoms with Crippen LogP contribution in [0, 0.1) is 0 Å². The molecule has 10 nitrogen and oxygen atoms in total. The summed E-state index contributed by atoms with van der Waals surface area (Å²) in [6.45, 7) is 5.19. The molecule has 0 bridgehead atoms. The van der Waals surface area contributed by atoms with Crippen molar-refractivity contribution in [3.05, 3.63) is 12.2 Å². The van der Waals surface area contributed by atoms with E-state index in [9.17, 15) is 29.4 Å². The Bertz CT molecular complexity index is 769. The molecule has 2 unspecified atom stereocenters. The zero-order valence-corrected chi connectivity index (χ0v) is 27.1. The van der Waals surface area contributed by atoms with Gasteiger partial charge in [0.05, 0.1) is 42.3 Å². The third-order valence-electron chi connectivity index (χ3n) is 5.84. The van der Waals surface area contributed by atoms with Crippen molar-refractivity contribution in [2.45, 2.75) is 110 Å². The van der Waals surface area contributed by atoms with Crippen LogP contribution in [0.5, 0.6) is 0 Å². The fourth-order valence-corrected chi connectivity index (χ4v) is 4.07. The molecule has 0 aromatic carbocycles. The van der Waals surface area contributed by atoms with Crippen molar-refractivity contribution >= 4 is 23.9 Å². The van der Waals surface area contributed by atoms with E-state index in [1.54, 1.807) is 6.08 Å². The lowest BCUT2D eigenvalue weighted by molar-refractivity contribution is -0.873. The molecular formula is C31H58N2O8. The summed E-state index contributed by atoms with van der Waals surface area (Å²) in [5, 5.41) is 21.4. The van der Waals surface area contributed by atoms with Crippen LogP contribution in [0.25, 0.3) is 0 Å². The highest BCUT2D eigenvalue weighted by Gasteiger charge is 2.23. The Hall–Kier alpha value is -2.46. The summed E-state index contributed by atoms with van der Waals surface area (Å²) in [5.74, 6) is -3.17. The third kappa shape index (κ3) is 31.9. The minimum atomic E-state index is -1.21. The van der Waals surface area contributed by atoms with Crippen LogP contribution in [0.3, 0.4) is 0 Å². The van der Waals surface area contributed by atoms with Gasteiger partial charge in [0, 0.05) is 37.3 Å². The van der Waals surface area contributed by atoms with E-state index in [4.69, 9.17) is 9.47 Å². The van der Waals surface area contributed by atoms with E-state index < -0.39 is 30.1 Å². The van der Waals surface area contributed by atoms with Crippen molar-refractivity contribution < 1.29 is 47.8 Å². The number of likely N-dealkylation sites (N-methyl/N-ethyl adjacent to an activating group) is 2. The summed E-state index contributed by atoms with van der Waals surface area (Å²) < 4.78 is 11.5. The lowest BCUT2D eigenvalue weighted by Gasteiger charge is -2.29. The topological polar surface area (TPSA) is 133 Å². The van der Waals surface area contributed by atoms with Gasteiger partial charge in [-0.2, -0.15) is 0 Å². The number of unbranched alkanes of at least 4 members (excludes halogenated alkanes) is 8. The number of nitrogens with zero attached hydrogens (tertiary/aromatic N) is 2. The van der Waals surface area contributed by atoms with Gasteiger partial charge in [0.15, 0.2) is 12.2 Å². The number of rotatable bonds is 22. The molecule has 0 aliphatic rings. The summed E-state index contributed by atoms with van der Waals surface area (Å²) in [6, 6.07) is 0. The van der Waals surface area contributed by atoms with Gasteiger partial charge in [0.2, 0.25) is 0 Å². The Kier molecular flexibility index (Phi) is 23.0. The molecule has 0 aliphatic heterocycles. The number of carbonyl (C=O) groups is 4. The summed E-state index contributed by atoms with van der Waals surface area (Å²) in [4.78, 5) is 44.8. The molecule has 2 atom stereocenters. The van der Waals surface area contributed by atoms with Crippen LogP contribution < -0.4 is 10.2 Å². The molecule has 0 amide bonds. The molecule has 240 valence electrons. The lowest BCUT2D eigenvalue weighted by atomic mass is 10.1. The van der Waals surface area contributed by atoms with Crippen molar-refractivity contribution in [3.8, 4) is 0 Å². The van der Waals surface area contributed by atoms with Gasteiger partial charge in [-0.25, -0.2) is 4.79 Å². The first-order valence-electron chi connectivity index (χ1n) is 15.1. The van der Waals surface area contributed by atoms with Gasteiger partial charge in [0.1, 0.15) is 13.1 Å². The summed E-state index contributed by atoms with van der Waals surface area (Å²) in [5.41, 5.74) is 0. The van der Waals surface area contributed by atoms with E-state index in [-0.39, 0.29) is 18.8 Å². The van der Waals surface area contributed by atoms with Gasteiger partial charge >= 0.3 is 11.9 Å². The quantitative estimate of drug-likeness (QED) is 0.0817. The zero-order valence-electron chi connectivity index (χ0n) is 27.1. The highest BCUT2D eigenvalue weighted by Crippen LogP contribution is 2.11. The Morgan fingerprint density at radius 2 is 1.10 bits per heavy atom. The number of hydrogen-bond donors (Lipinski definition) is 0. The summed E-state index contributed by atoms with van der Waals surface area (Å²) in [6.07, 6.45) is 12.5. The Balaban J connectivity index is 0. The smallest absolute Gasteiger partial charge is 0.330 e. The van der Waals surface area contributed by atoms with E-state index in [1.807, 2.05) is 42.3 Å². The summed E-state index contributed by atoms with van der Waals surface area (Å²) in [7, 11) is 11.5. The number of aliphatic carboxylic acids is 2. The van der Waals surface area contributed by atoms with E-state index in [0.717, 1.165) is 44.9 Å². The molecule has 0 heterocycles. The van der Waals surface area contributed by atoms with Gasteiger partial charge in [-0.05, 0) is 19.3 Å². The second kappa shape index (κ2) is 23.1. The number of esters is 2. The normalized spacial score (nSPS) is 13.2. The molecule has 0 saturated carbocycles. The molecule has 0 aromatic heterocycles. The number of allylic oxidation sites excluding steroid dienone is 1. The minimum Gasteiger partial charge on any atom is -0.550 e. The summed E-state index contributed by atoms with van der Waals surface area (Å²) >= 11 is 0. The first kappa shape index (κ1) is 40.7. The predicted molar refractivity (Wildman–Crippen MR) is 156 cm³/mol. The first-order chi connectivity index (χ1) is 19.0. The zero-order chi connectivity index (χ0) is 31.9. The molecule has 0 aliphatic carbocycles. The Morgan fingerprint density at radius 1 is 0.659 bits per heavy atom. The van der Waals surface area contributed by atoms with E-state index >= 15 is 0 Å². The minimum absolute atomic E-state index is 0.238. The van der Waals surface area contributed by atoms with Crippen molar-refractivity contribution in [1.82, 2.24) is 0 Å².